The molecule has 0 aromatic carbocycles. The average Bonchev–Trinajstić information content (AvgIpc) is 2.28. The first kappa shape index (κ1) is 8.72. The second-order valence-corrected chi connectivity index (χ2v) is 3.61. The van der Waals surface area contributed by atoms with Crippen LogP contribution in [-0.2, 0) is 9.53 Å². The maximum absolute atomic E-state index is 11.3. The van der Waals surface area contributed by atoms with E-state index in [2.05, 4.69) is 0 Å². The average molecular weight is 156 g/mol. The fourth-order valence-corrected chi connectivity index (χ4v) is 1.68. The quantitative estimate of drug-likeness (QED) is 0.609. The summed E-state index contributed by atoms with van der Waals surface area (Å²) in [5.74, 6) is 0.472. The van der Waals surface area contributed by atoms with E-state index in [9.17, 15) is 4.79 Å². The van der Waals surface area contributed by atoms with Gasteiger partial charge in [-0.1, -0.05) is 6.92 Å². The molecule has 0 amide bonds. The van der Waals surface area contributed by atoms with Crippen molar-refractivity contribution in [2.24, 2.45) is 5.92 Å². The van der Waals surface area contributed by atoms with Crippen LogP contribution in [0, 0.1) is 5.92 Å². The predicted molar refractivity (Wildman–Crippen MR) is 43.4 cm³/mol. The number of hydrogen-bond acceptors (Lipinski definition) is 2. The van der Waals surface area contributed by atoms with Crippen LogP contribution in [0.15, 0.2) is 0 Å². The van der Waals surface area contributed by atoms with E-state index >= 15 is 0 Å². The van der Waals surface area contributed by atoms with Crippen molar-refractivity contribution in [3.8, 4) is 0 Å². The molecule has 0 N–H and O–H groups in total. The molecule has 0 aromatic rings. The summed E-state index contributed by atoms with van der Waals surface area (Å²) in [6.07, 6.45) is 1.54. The highest BCUT2D eigenvalue weighted by molar-refractivity contribution is 5.82. The standard InChI is InChI=1S/C9H16O2/c1-4-8(10)7-5-6-11-9(7,2)3/h7H,4-6H2,1-3H3. The predicted octanol–water partition coefficient (Wildman–Crippen LogP) is 1.78. The van der Waals surface area contributed by atoms with Crippen LogP contribution in [0.25, 0.3) is 0 Å². The number of carbonyl (C=O) groups is 1. The third-order valence-corrected chi connectivity index (χ3v) is 2.46. The fourth-order valence-electron chi connectivity index (χ4n) is 1.68. The largest absolute Gasteiger partial charge is 0.375 e. The molecule has 1 fully saturated rings. The molecule has 2 nitrogen and oxygen atoms in total. The van der Waals surface area contributed by atoms with Crippen molar-refractivity contribution in [3.63, 3.8) is 0 Å². The summed E-state index contributed by atoms with van der Waals surface area (Å²) in [6.45, 7) is 6.65. The molecule has 0 radical (unpaired) electrons. The molecule has 0 bridgehead atoms. The van der Waals surface area contributed by atoms with Crippen molar-refractivity contribution in [1.29, 1.82) is 0 Å². The first-order chi connectivity index (χ1) is 5.08. The first-order valence-electron chi connectivity index (χ1n) is 4.24. The molecular weight excluding hydrogens is 140 g/mol. The Morgan fingerprint density at radius 1 is 1.64 bits per heavy atom. The Balaban J connectivity index is 2.64. The maximum atomic E-state index is 11.3. The molecule has 64 valence electrons. The van der Waals surface area contributed by atoms with Gasteiger partial charge in [-0.3, -0.25) is 4.79 Å². The number of Topliss-reactive ketones (excluding diaryl/α,β-unsaturated/α-hetero) is 1. The highest BCUT2D eigenvalue weighted by atomic mass is 16.5. The Morgan fingerprint density at radius 2 is 2.27 bits per heavy atom. The molecule has 0 aliphatic carbocycles. The summed E-state index contributed by atoms with van der Waals surface area (Å²) in [5.41, 5.74) is -0.215. The molecule has 0 saturated carbocycles. The SMILES string of the molecule is CCC(=O)C1CCOC1(C)C. The summed E-state index contributed by atoms with van der Waals surface area (Å²) >= 11 is 0. The minimum absolute atomic E-state index is 0.132. The minimum atomic E-state index is -0.215. The van der Waals surface area contributed by atoms with Gasteiger partial charge in [0.05, 0.1) is 5.60 Å². The summed E-state index contributed by atoms with van der Waals surface area (Å²) in [5, 5.41) is 0. The van der Waals surface area contributed by atoms with E-state index in [0.717, 1.165) is 13.0 Å². The van der Waals surface area contributed by atoms with Crippen LogP contribution < -0.4 is 0 Å². The Bertz CT molecular complexity index is 161. The highest BCUT2D eigenvalue weighted by Crippen LogP contribution is 2.32. The molecule has 1 unspecified atom stereocenters. The topological polar surface area (TPSA) is 26.3 Å². The molecule has 11 heavy (non-hydrogen) atoms. The molecule has 1 atom stereocenters. The Kier molecular flexibility index (Phi) is 2.33. The molecule has 1 saturated heterocycles. The van der Waals surface area contributed by atoms with Gasteiger partial charge in [-0.25, -0.2) is 0 Å². The van der Waals surface area contributed by atoms with Gasteiger partial charge in [0.15, 0.2) is 0 Å². The van der Waals surface area contributed by atoms with Gasteiger partial charge in [0.25, 0.3) is 0 Å². The van der Waals surface area contributed by atoms with Gasteiger partial charge in [0.1, 0.15) is 5.78 Å². The Labute approximate surface area is 67.9 Å². The maximum Gasteiger partial charge on any atom is 0.138 e. The zero-order chi connectivity index (χ0) is 8.48. The van der Waals surface area contributed by atoms with Gasteiger partial charge in [0.2, 0.25) is 0 Å². The second-order valence-electron chi connectivity index (χ2n) is 3.61. The van der Waals surface area contributed by atoms with E-state index in [4.69, 9.17) is 4.74 Å². The monoisotopic (exact) mass is 156 g/mol. The van der Waals surface area contributed by atoms with E-state index in [1.807, 2.05) is 20.8 Å². The fraction of sp³-hybridized carbons (Fsp3) is 0.889. The van der Waals surface area contributed by atoms with Crippen LogP contribution in [0.3, 0.4) is 0 Å². The van der Waals surface area contributed by atoms with Gasteiger partial charge in [-0.15, -0.1) is 0 Å². The summed E-state index contributed by atoms with van der Waals surface area (Å²) in [7, 11) is 0. The van der Waals surface area contributed by atoms with Crippen molar-refractivity contribution in [2.45, 2.75) is 39.2 Å². The van der Waals surface area contributed by atoms with Crippen LogP contribution in [-0.4, -0.2) is 18.0 Å². The molecule has 1 aliphatic heterocycles. The van der Waals surface area contributed by atoms with Crippen LogP contribution in [0.5, 0.6) is 0 Å². The Hall–Kier alpha value is -0.370. The van der Waals surface area contributed by atoms with Crippen LogP contribution in [0.4, 0.5) is 0 Å². The molecule has 0 spiro atoms. The van der Waals surface area contributed by atoms with Crippen LogP contribution in [0.2, 0.25) is 0 Å². The van der Waals surface area contributed by atoms with E-state index < -0.39 is 0 Å². The van der Waals surface area contributed by atoms with Gasteiger partial charge in [-0.2, -0.15) is 0 Å². The van der Waals surface area contributed by atoms with Gasteiger partial charge >= 0.3 is 0 Å². The number of carbonyl (C=O) groups excluding carboxylic acids is 1. The highest BCUT2D eigenvalue weighted by Gasteiger charge is 2.39. The smallest absolute Gasteiger partial charge is 0.138 e. The minimum Gasteiger partial charge on any atom is -0.375 e. The van der Waals surface area contributed by atoms with Gasteiger partial charge in [-0.05, 0) is 20.3 Å². The van der Waals surface area contributed by atoms with Gasteiger partial charge < -0.3 is 4.74 Å². The lowest BCUT2D eigenvalue weighted by molar-refractivity contribution is -0.127. The second kappa shape index (κ2) is 2.94. The zero-order valence-corrected chi connectivity index (χ0v) is 7.52. The van der Waals surface area contributed by atoms with Crippen LogP contribution >= 0.6 is 0 Å². The summed E-state index contributed by atoms with van der Waals surface area (Å²) in [6, 6.07) is 0. The molecule has 1 rings (SSSR count). The van der Waals surface area contributed by atoms with Crippen LogP contribution in [0.1, 0.15) is 33.6 Å². The molecule has 1 heterocycles. The molecule has 1 aliphatic rings. The molecule has 2 heteroatoms. The summed E-state index contributed by atoms with van der Waals surface area (Å²) < 4.78 is 5.46. The lowest BCUT2D eigenvalue weighted by atomic mass is 9.86. The normalized spacial score (nSPS) is 28.8. The lowest BCUT2D eigenvalue weighted by Gasteiger charge is -2.23. The van der Waals surface area contributed by atoms with Crippen molar-refractivity contribution in [3.05, 3.63) is 0 Å². The van der Waals surface area contributed by atoms with Gasteiger partial charge in [0, 0.05) is 18.9 Å². The third-order valence-electron chi connectivity index (χ3n) is 2.46. The number of rotatable bonds is 2. The number of ketones is 1. The summed E-state index contributed by atoms with van der Waals surface area (Å²) in [4.78, 5) is 11.3. The lowest BCUT2D eigenvalue weighted by Crippen LogP contribution is -2.32. The van der Waals surface area contributed by atoms with E-state index in [0.29, 0.717) is 12.2 Å². The van der Waals surface area contributed by atoms with E-state index in [-0.39, 0.29) is 11.5 Å². The van der Waals surface area contributed by atoms with Crippen molar-refractivity contribution >= 4 is 5.78 Å². The van der Waals surface area contributed by atoms with Crippen molar-refractivity contribution < 1.29 is 9.53 Å². The Morgan fingerprint density at radius 3 is 2.64 bits per heavy atom. The third kappa shape index (κ3) is 1.62. The molecule has 0 aromatic heterocycles. The number of hydrogen-bond donors (Lipinski definition) is 0. The van der Waals surface area contributed by atoms with Crippen molar-refractivity contribution in [2.75, 3.05) is 6.61 Å². The first-order valence-corrected chi connectivity index (χ1v) is 4.24. The van der Waals surface area contributed by atoms with E-state index in [1.165, 1.54) is 0 Å². The molecular formula is C9H16O2. The zero-order valence-electron chi connectivity index (χ0n) is 7.52. The number of ether oxygens (including phenoxy) is 1. The van der Waals surface area contributed by atoms with E-state index in [1.54, 1.807) is 0 Å². The van der Waals surface area contributed by atoms with Crippen molar-refractivity contribution in [1.82, 2.24) is 0 Å².